The minimum atomic E-state index is 0.0654. The Morgan fingerprint density at radius 2 is 1.75 bits per heavy atom. The Balaban J connectivity index is 2.35. The van der Waals surface area contributed by atoms with E-state index in [1.54, 1.807) is 12.4 Å². The van der Waals surface area contributed by atoms with Crippen LogP contribution in [0.1, 0.15) is 32.0 Å². The molecule has 2 aromatic heterocycles. The lowest BCUT2D eigenvalue weighted by Crippen LogP contribution is -2.11. The van der Waals surface area contributed by atoms with Crippen LogP contribution in [0.5, 0.6) is 0 Å². The molecule has 0 saturated heterocycles. The third kappa shape index (κ3) is 2.10. The molecule has 0 saturated carbocycles. The molecular weight excluding hydrogens is 200 g/mol. The minimum Gasteiger partial charge on any atom is -0.281 e. The van der Waals surface area contributed by atoms with Gasteiger partial charge in [0.1, 0.15) is 5.69 Å². The molecule has 0 spiro atoms. The topological polar surface area (TPSA) is 54.5 Å². The van der Waals surface area contributed by atoms with E-state index in [4.69, 9.17) is 0 Å². The van der Waals surface area contributed by atoms with E-state index in [1.807, 2.05) is 13.0 Å². The molecular formula is C12H16N4. The van der Waals surface area contributed by atoms with E-state index < -0.39 is 0 Å². The Bertz CT molecular complexity index is 476. The summed E-state index contributed by atoms with van der Waals surface area (Å²) >= 11 is 0. The Hall–Kier alpha value is -1.71. The molecule has 2 rings (SSSR count). The first-order chi connectivity index (χ1) is 7.47. The fourth-order valence-corrected chi connectivity index (χ4v) is 1.35. The average Bonchev–Trinajstić information content (AvgIpc) is 2.67. The summed E-state index contributed by atoms with van der Waals surface area (Å²) in [5, 5.41) is 7.26. The van der Waals surface area contributed by atoms with E-state index in [-0.39, 0.29) is 5.41 Å². The van der Waals surface area contributed by atoms with Gasteiger partial charge in [0.2, 0.25) is 0 Å². The van der Waals surface area contributed by atoms with Gasteiger partial charge in [-0.15, -0.1) is 0 Å². The van der Waals surface area contributed by atoms with Crippen molar-refractivity contribution >= 4 is 0 Å². The maximum Gasteiger partial charge on any atom is 0.180 e. The Morgan fingerprint density at radius 3 is 2.25 bits per heavy atom. The van der Waals surface area contributed by atoms with Gasteiger partial charge in [-0.3, -0.25) is 5.10 Å². The molecule has 0 atom stereocenters. The number of hydrogen-bond acceptors (Lipinski definition) is 3. The van der Waals surface area contributed by atoms with Crippen LogP contribution in [0.15, 0.2) is 18.5 Å². The first-order valence-corrected chi connectivity index (χ1v) is 5.32. The van der Waals surface area contributed by atoms with Crippen molar-refractivity contribution in [1.82, 2.24) is 20.2 Å². The van der Waals surface area contributed by atoms with Crippen LogP contribution in [0, 0.1) is 6.92 Å². The molecule has 0 radical (unpaired) electrons. The predicted molar refractivity (Wildman–Crippen MR) is 63.1 cm³/mol. The zero-order valence-electron chi connectivity index (χ0n) is 10.1. The maximum absolute atomic E-state index is 4.25. The standard InChI is InChI=1S/C12H16N4/c1-8-6-13-11(14-7-8)9-5-10(16-15-9)12(2,3)4/h5-7H,1-4H3,(H,15,16). The van der Waals surface area contributed by atoms with Crippen LogP contribution in [-0.4, -0.2) is 20.2 Å². The summed E-state index contributed by atoms with van der Waals surface area (Å²) < 4.78 is 0. The van der Waals surface area contributed by atoms with E-state index in [1.165, 1.54) is 0 Å². The number of aryl methyl sites for hydroxylation is 1. The third-order valence-corrected chi connectivity index (χ3v) is 2.40. The summed E-state index contributed by atoms with van der Waals surface area (Å²) in [4.78, 5) is 8.50. The van der Waals surface area contributed by atoms with Gasteiger partial charge < -0.3 is 0 Å². The quantitative estimate of drug-likeness (QED) is 0.796. The second kappa shape index (κ2) is 3.70. The van der Waals surface area contributed by atoms with Crippen molar-refractivity contribution in [3.05, 3.63) is 29.7 Å². The smallest absolute Gasteiger partial charge is 0.180 e. The highest BCUT2D eigenvalue weighted by atomic mass is 15.1. The Morgan fingerprint density at radius 1 is 1.12 bits per heavy atom. The molecule has 0 amide bonds. The summed E-state index contributed by atoms with van der Waals surface area (Å²) in [5.74, 6) is 0.664. The van der Waals surface area contributed by atoms with Crippen molar-refractivity contribution < 1.29 is 0 Å². The molecule has 0 bridgehead atoms. The predicted octanol–water partition coefficient (Wildman–Crippen LogP) is 2.47. The number of aromatic nitrogens is 4. The highest BCUT2D eigenvalue weighted by Crippen LogP contribution is 2.23. The van der Waals surface area contributed by atoms with Gasteiger partial charge in [0.05, 0.1) is 0 Å². The first kappa shape index (κ1) is 10.8. The van der Waals surface area contributed by atoms with Gasteiger partial charge in [0.25, 0.3) is 0 Å². The lowest BCUT2D eigenvalue weighted by molar-refractivity contribution is 0.567. The van der Waals surface area contributed by atoms with Crippen molar-refractivity contribution in [1.29, 1.82) is 0 Å². The number of rotatable bonds is 1. The van der Waals surface area contributed by atoms with Gasteiger partial charge in [-0.05, 0) is 18.6 Å². The van der Waals surface area contributed by atoms with Crippen LogP contribution in [0.25, 0.3) is 11.5 Å². The van der Waals surface area contributed by atoms with Crippen molar-refractivity contribution in [2.45, 2.75) is 33.1 Å². The number of nitrogens with zero attached hydrogens (tertiary/aromatic N) is 3. The van der Waals surface area contributed by atoms with E-state index in [0.29, 0.717) is 5.82 Å². The molecule has 0 fully saturated rings. The summed E-state index contributed by atoms with van der Waals surface area (Å²) in [6, 6.07) is 2.00. The second-order valence-corrected chi connectivity index (χ2v) is 5.00. The lowest BCUT2D eigenvalue weighted by Gasteiger charge is -2.14. The number of H-pyrrole nitrogens is 1. The van der Waals surface area contributed by atoms with Crippen LogP contribution in [0.3, 0.4) is 0 Å². The van der Waals surface area contributed by atoms with E-state index in [0.717, 1.165) is 17.0 Å². The monoisotopic (exact) mass is 216 g/mol. The van der Waals surface area contributed by atoms with Gasteiger partial charge in [-0.2, -0.15) is 5.10 Å². The second-order valence-electron chi connectivity index (χ2n) is 5.00. The minimum absolute atomic E-state index is 0.0654. The van der Waals surface area contributed by atoms with Gasteiger partial charge >= 0.3 is 0 Å². The van der Waals surface area contributed by atoms with E-state index >= 15 is 0 Å². The third-order valence-electron chi connectivity index (χ3n) is 2.40. The molecule has 16 heavy (non-hydrogen) atoms. The Kier molecular flexibility index (Phi) is 2.50. The van der Waals surface area contributed by atoms with Gasteiger partial charge in [0, 0.05) is 23.5 Å². The average molecular weight is 216 g/mol. The molecule has 2 heterocycles. The number of hydrogen-bond donors (Lipinski definition) is 1. The van der Waals surface area contributed by atoms with Crippen LogP contribution in [0.2, 0.25) is 0 Å². The SMILES string of the molecule is Cc1cnc(-c2cc(C(C)(C)C)[nH]n2)nc1. The molecule has 0 aliphatic carbocycles. The van der Waals surface area contributed by atoms with Crippen molar-refractivity contribution in [3.63, 3.8) is 0 Å². The fourth-order valence-electron chi connectivity index (χ4n) is 1.35. The number of nitrogens with one attached hydrogen (secondary N) is 1. The molecule has 0 aromatic carbocycles. The molecule has 0 aliphatic rings. The Labute approximate surface area is 95.1 Å². The number of aromatic amines is 1. The summed E-state index contributed by atoms with van der Waals surface area (Å²) in [5.41, 5.74) is 3.00. The van der Waals surface area contributed by atoms with Gasteiger partial charge in [-0.1, -0.05) is 20.8 Å². The molecule has 4 heteroatoms. The van der Waals surface area contributed by atoms with Crippen molar-refractivity contribution in [2.24, 2.45) is 0 Å². The maximum atomic E-state index is 4.25. The van der Waals surface area contributed by atoms with Crippen LogP contribution >= 0.6 is 0 Å². The zero-order valence-corrected chi connectivity index (χ0v) is 10.1. The van der Waals surface area contributed by atoms with Gasteiger partial charge in [-0.25, -0.2) is 9.97 Å². The summed E-state index contributed by atoms with van der Waals surface area (Å²) in [7, 11) is 0. The highest BCUT2D eigenvalue weighted by Gasteiger charge is 2.17. The van der Waals surface area contributed by atoms with Gasteiger partial charge in [0.15, 0.2) is 5.82 Å². The largest absolute Gasteiger partial charge is 0.281 e. The molecule has 0 unspecified atom stereocenters. The van der Waals surface area contributed by atoms with Crippen molar-refractivity contribution in [2.75, 3.05) is 0 Å². The van der Waals surface area contributed by atoms with Crippen LogP contribution in [0.4, 0.5) is 0 Å². The first-order valence-electron chi connectivity index (χ1n) is 5.32. The fraction of sp³-hybridized carbons (Fsp3) is 0.417. The highest BCUT2D eigenvalue weighted by molar-refractivity contribution is 5.49. The molecule has 2 aromatic rings. The zero-order chi connectivity index (χ0) is 11.8. The normalized spacial score (nSPS) is 11.8. The van der Waals surface area contributed by atoms with Crippen molar-refractivity contribution in [3.8, 4) is 11.5 Å². The summed E-state index contributed by atoms with van der Waals surface area (Å²) in [6.45, 7) is 8.38. The van der Waals surface area contributed by atoms with Crippen LogP contribution in [-0.2, 0) is 5.41 Å². The van der Waals surface area contributed by atoms with E-state index in [2.05, 4.69) is 40.9 Å². The molecule has 4 nitrogen and oxygen atoms in total. The van der Waals surface area contributed by atoms with Crippen LogP contribution < -0.4 is 0 Å². The molecule has 1 N–H and O–H groups in total. The summed E-state index contributed by atoms with van der Waals surface area (Å²) in [6.07, 6.45) is 3.60. The molecule has 0 aliphatic heterocycles. The van der Waals surface area contributed by atoms with E-state index in [9.17, 15) is 0 Å². The lowest BCUT2D eigenvalue weighted by atomic mass is 9.92. The molecule has 84 valence electrons.